The maximum absolute atomic E-state index is 7.08. The van der Waals surface area contributed by atoms with Crippen LogP contribution < -0.4 is 5.73 Å². The van der Waals surface area contributed by atoms with Gasteiger partial charge in [-0.2, -0.15) is 0 Å². The van der Waals surface area contributed by atoms with Crippen LogP contribution >= 0.6 is 0 Å². The summed E-state index contributed by atoms with van der Waals surface area (Å²) in [5.74, 6) is 1.07. The van der Waals surface area contributed by atoms with E-state index < -0.39 is 0 Å². The fourth-order valence-corrected chi connectivity index (χ4v) is 1.29. The van der Waals surface area contributed by atoms with E-state index in [0.717, 1.165) is 18.8 Å². The van der Waals surface area contributed by atoms with Crippen LogP contribution in [0, 0.1) is 11.3 Å². The van der Waals surface area contributed by atoms with Crippen molar-refractivity contribution >= 4 is 5.84 Å². The molecule has 0 aromatic rings. The Kier molecular flexibility index (Phi) is 6.82. The van der Waals surface area contributed by atoms with Crippen LogP contribution in [-0.4, -0.2) is 5.84 Å². The predicted octanol–water partition coefficient (Wildman–Crippen LogP) is 2.92. The Hall–Kier alpha value is -0.530. The molecule has 12 heavy (non-hydrogen) atoms. The molecule has 0 rings (SSSR count). The van der Waals surface area contributed by atoms with Crippen LogP contribution in [0.25, 0.3) is 0 Å². The Morgan fingerprint density at radius 3 is 2.50 bits per heavy atom. The van der Waals surface area contributed by atoms with Crippen molar-refractivity contribution in [2.45, 2.75) is 52.4 Å². The molecule has 0 aliphatic carbocycles. The van der Waals surface area contributed by atoms with Crippen molar-refractivity contribution in [2.24, 2.45) is 11.7 Å². The van der Waals surface area contributed by atoms with Crippen LogP contribution in [0.5, 0.6) is 0 Å². The summed E-state index contributed by atoms with van der Waals surface area (Å²) < 4.78 is 0. The van der Waals surface area contributed by atoms with Crippen LogP contribution in [0.4, 0.5) is 0 Å². The third kappa shape index (κ3) is 7.58. The second-order valence-electron chi connectivity index (χ2n) is 3.66. The summed E-state index contributed by atoms with van der Waals surface area (Å²) in [6.07, 6.45) is 7.10. The van der Waals surface area contributed by atoms with E-state index in [-0.39, 0.29) is 0 Å². The summed E-state index contributed by atoms with van der Waals surface area (Å²) in [5, 5.41) is 7.08. The SMILES string of the molecule is CCCCCC(C)CCC(=N)N. The van der Waals surface area contributed by atoms with E-state index >= 15 is 0 Å². The van der Waals surface area contributed by atoms with Crippen molar-refractivity contribution in [2.75, 3.05) is 0 Å². The highest BCUT2D eigenvalue weighted by Crippen LogP contribution is 2.14. The first-order chi connectivity index (χ1) is 5.66. The summed E-state index contributed by atoms with van der Waals surface area (Å²) in [5.41, 5.74) is 5.28. The summed E-state index contributed by atoms with van der Waals surface area (Å²) in [6, 6.07) is 0. The topological polar surface area (TPSA) is 49.9 Å². The molecule has 3 N–H and O–H groups in total. The smallest absolute Gasteiger partial charge is 0.0905 e. The molecule has 0 saturated carbocycles. The van der Waals surface area contributed by atoms with Crippen molar-refractivity contribution in [1.29, 1.82) is 5.41 Å². The first kappa shape index (κ1) is 11.5. The number of unbranched alkanes of at least 4 members (excludes halogenated alkanes) is 2. The minimum atomic E-state index is 0.331. The number of amidine groups is 1. The van der Waals surface area contributed by atoms with Crippen molar-refractivity contribution in [3.8, 4) is 0 Å². The molecule has 2 nitrogen and oxygen atoms in total. The number of hydrogen-bond acceptors (Lipinski definition) is 1. The minimum absolute atomic E-state index is 0.331. The zero-order valence-electron chi connectivity index (χ0n) is 8.40. The molecule has 1 atom stereocenters. The molecule has 0 aliphatic rings. The monoisotopic (exact) mass is 170 g/mol. The van der Waals surface area contributed by atoms with E-state index in [1.165, 1.54) is 25.7 Å². The lowest BCUT2D eigenvalue weighted by Gasteiger charge is -2.09. The maximum Gasteiger partial charge on any atom is 0.0905 e. The van der Waals surface area contributed by atoms with Crippen LogP contribution in [-0.2, 0) is 0 Å². The first-order valence-electron chi connectivity index (χ1n) is 4.99. The summed E-state index contributed by atoms with van der Waals surface area (Å²) in [7, 11) is 0. The normalized spacial score (nSPS) is 12.8. The fraction of sp³-hybridized carbons (Fsp3) is 0.900. The molecular weight excluding hydrogens is 148 g/mol. The number of hydrogen-bond donors (Lipinski definition) is 2. The van der Waals surface area contributed by atoms with Gasteiger partial charge in [-0.05, 0) is 12.3 Å². The van der Waals surface area contributed by atoms with Crippen LogP contribution in [0.3, 0.4) is 0 Å². The molecule has 0 radical (unpaired) electrons. The molecular formula is C10H22N2. The van der Waals surface area contributed by atoms with Crippen molar-refractivity contribution < 1.29 is 0 Å². The van der Waals surface area contributed by atoms with Gasteiger partial charge in [0.2, 0.25) is 0 Å². The zero-order chi connectivity index (χ0) is 9.40. The van der Waals surface area contributed by atoms with Gasteiger partial charge in [-0.15, -0.1) is 0 Å². The first-order valence-corrected chi connectivity index (χ1v) is 4.99. The van der Waals surface area contributed by atoms with Gasteiger partial charge in [0.25, 0.3) is 0 Å². The number of nitrogens with two attached hydrogens (primary N) is 1. The van der Waals surface area contributed by atoms with Gasteiger partial charge in [0.15, 0.2) is 0 Å². The number of nitrogens with one attached hydrogen (secondary N) is 1. The Morgan fingerprint density at radius 2 is 2.00 bits per heavy atom. The molecule has 0 aliphatic heterocycles. The zero-order valence-corrected chi connectivity index (χ0v) is 8.40. The molecule has 0 bridgehead atoms. The largest absolute Gasteiger partial charge is 0.388 e. The van der Waals surface area contributed by atoms with Crippen molar-refractivity contribution in [3.05, 3.63) is 0 Å². The van der Waals surface area contributed by atoms with Gasteiger partial charge in [-0.25, -0.2) is 0 Å². The highest BCUT2D eigenvalue weighted by atomic mass is 14.7. The van der Waals surface area contributed by atoms with Gasteiger partial charge >= 0.3 is 0 Å². The lowest BCUT2D eigenvalue weighted by atomic mass is 9.98. The summed E-state index contributed by atoms with van der Waals surface area (Å²) in [4.78, 5) is 0. The molecule has 0 aromatic heterocycles. The van der Waals surface area contributed by atoms with E-state index in [1.54, 1.807) is 0 Å². The van der Waals surface area contributed by atoms with Crippen LogP contribution in [0.2, 0.25) is 0 Å². The standard InChI is InChI=1S/C10H22N2/c1-3-4-5-6-9(2)7-8-10(11)12/h9H,3-8H2,1-2H3,(H3,11,12). The average molecular weight is 170 g/mol. The lowest BCUT2D eigenvalue weighted by molar-refractivity contribution is 0.471. The van der Waals surface area contributed by atoms with E-state index in [1.807, 2.05) is 0 Å². The van der Waals surface area contributed by atoms with Crippen molar-refractivity contribution in [3.63, 3.8) is 0 Å². The molecule has 0 saturated heterocycles. The van der Waals surface area contributed by atoms with Crippen molar-refractivity contribution in [1.82, 2.24) is 0 Å². The predicted molar refractivity (Wildman–Crippen MR) is 54.5 cm³/mol. The van der Waals surface area contributed by atoms with Gasteiger partial charge in [-0.3, -0.25) is 5.41 Å². The number of rotatable bonds is 7. The molecule has 72 valence electrons. The third-order valence-electron chi connectivity index (χ3n) is 2.21. The van der Waals surface area contributed by atoms with Crippen LogP contribution in [0.1, 0.15) is 52.4 Å². The van der Waals surface area contributed by atoms with E-state index in [9.17, 15) is 0 Å². The highest BCUT2D eigenvalue weighted by molar-refractivity contribution is 5.76. The van der Waals surface area contributed by atoms with Gasteiger partial charge < -0.3 is 5.73 Å². The molecule has 2 heteroatoms. The average Bonchev–Trinajstić information content (AvgIpc) is 2.01. The Bertz CT molecular complexity index is 121. The second kappa shape index (κ2) is 7.14. The van der Waals surface area contributed by atoms with E-state index in [0.29, 0.717) is 5.84 Å². The summed E-state index contributed by atoms with van der Waals surface area (Å²) in [6.45, 7) is 4.47. The lowest BCUT2D eigenvalue weighted by Crippen LogP contribution is -2.10. The molecule has 0 heterocycles. The minimum Gasteiger partial charge on any atom is -0.388 e. The van der Waals surface area contributed by atoms with Gasteiger partial charge in [0, 0.05) is 6.42 Å². The van der Waals surface area contributed by atoms with Gasteiger partial charge in [0.1, 0.15) is 0 Å². The van der Waals surface area contributed by atoms with Gasteiger partial charge in [0.05, 0.1) is 5.84 Å². The highest BCUT2D eigenvalue weighted by Gasteiger charge is 2.01. The Morgan fingerprint density at radius 1 is 1.33 bits per heavy atom. The molecule has 0 amide bonds. The molecule has 0 aromatic carbocycles. The van der Waals surface area contributed by atoms with Crippen LogP contribution in [0.15, 0.2) is 0 Å². The fourth-order valence-electron chi connectivity index (χ4n) is 1.29. The molecule has 0 spiro atoms. The Balaban J connectivity index is 3.21. The molecule has 1 unspecified atom stereocenters. The Labute approximate surface area is 76.0 Å². The molecule has 0 fully saturated rings. The summed E-state index contributed by atoms with van der Waals surface area (Å²) >= 11 is 0. The quantitative estimate of drug-likeness (QED) is 0.344. The van der Waals surface area contributed by atoms with E-state index in [2.05, 4.69) is 13.8 Å². The third-order valence-corrected chi connectivity index (χ3v) is 2.21. The maximum atomic E-state index is 7.08. The second-order valence-corrected chi connectivity index (χ2v) is 3.66. The van der Waals surface area contributed by atoms with Gasteiger partial charge in [-0.1, -0.05) is 39.5 Å². The van der Waals surface area contributed by atoms with E-state index in [4.69, 9.17) is 11.1 Å².